The van der Waals surface area contributed by atoms with Crippen LogP contribution in [0.15, 0.2) is 24.4 Å². The minimum Gasteiger partial charge on any atom is -0.349 e. The highest BCUT2D eigenvalue weighted by molar-refractivity contribution is 6.02. The molecule has 1 aliphatic rings. The van der Waals surface area contributed by atoms with E-state index in [0.717, 1.165) is 19.6 Å². The molecule has 8 heteroatoms. The SMILES string of the molecule is CN(C)CCNC(=O)c1nc(C(=O)N2CCN(C)CC2)n2ccccc12. The second kappa shape index (κ2) is 7.84. The summed E-state index contributed by atoms with van der Waals surface area (Å²) in [6.07, 6.45) is 1.78. The van der Waals surface area contributed by atoms with Crippen LogP contribution in [0.3, 0.4) is 0 Å². The number of likely N-dealkylation sites (N-methyl/N-ethyl adjacent to an activating group) is 2. The fourth-order valence-corrected chi connectivity index (χ4v) is 2.98. The third-order valence-corrected chi connectivity index (χ3v) is 4.59. The minimum atomic E-state index is -0.257. The predicted octanol–water partition coefficient (Wildman–Crippen LogP) is 0.0133. The van der Waals surface area contributed by atoms with Gasteiger partial charge in [-0.05, 0) is 33.3 Å². The van der Waals surface area contributed by atoms with E-state index in [0.29, 0.717) is 36.7 Å². The number of nitrogens with one attached hydrogen (secondary N) is 1. The maximum absolute atomic E-state index is 12.9. The number of imidazole rings is 1. The molecule has 1 aliphatic heterocycles. The van der Waals surface area contributed by atoms with Crippen LogP contribution < -0.4 is 5.32 Å². The van der Waals surface area contributed by atoms with E-state index in [4.69, 9.17) is 0 Å². The van der Waals surface area contributed by atoms with Crippen molar-refractivity contribution in [3.8, 4) is 0 Å². The average Bonchev–Trinajstić information content (AvgIpc) is 3.01. The third-order valence-electron chi connectivity index (χ3n) is 4.59. The number of amides is 2. The van der Waals surface area contributed by atoms with Crippen molar-refractivity contribution in [2.45, 2.75) is 0 Å². The first kappa shape index (κ1) is 18.3. The Kier molecular flexibility index (Phi) is 5.53. The molecule has 2 aromatic heterocycles. The van der Waals surface area contributed by atoms with Crippen LogP contribution in [-0.2, 0) is 0 Å². The molecule has 3 heterocycles. The smallest absolute Gasteiger partial charge is 0.290 e. The molecule has 0 bridgehead atoms. The Morgan fingerprint density at radius 3 is 2.62 bits per heavy atom. The van der Waals surface area contributed by atoms with E-state index in [2.05, 4.69) is 15.2 Å². The summed E-state index contributed by atoms with van der Waals surface area (Å²) in [6, 6.07) is 5.50. The molecular weight excluding hydrogens is 332 g/mol. The number of carbonyl (C=O) groups is 2. The van der Waals surface area contributed by atoms with E-state index in [1.807, 2.05) is 44.2 Å². The molecule has 1 fully saturated rings. The standard InChI is InChI=1S/C18H26N6O2/c1-21(2)9-7-19-17(25)15-14-6-4-5-8-24(14)16(20-15)18(26)23-12-10-22(3)11-13-23/h4-6,8H,7,9-13H2,1-3H3,(H,19,25). The van der Waals surface area contributed by atoms with Crippen LogP contribution in [0.2, 0.25) is 0 Å². The number of hydrogen-bond acceptors (Lipinski definition) is 5. The lowest BCUT2D eigenvalue weighted by molar-refractivity contribution is 0.0651. The van der Waals surface area contributed by atoms with E-state index < -0.39 is 0 Å². The molecule has 0 radical (unpaired) electrons. The summed E-state index contributed by atoms with van der Waals surface area (Å²) < 4.78 is 1.71. The zero-order chi connectivity index (χ0) is 18.7. The molecule has 0 aromatic carbocycles. The van der Waals surface area contributed by atoms with Gasteiger partial charge in [0.2, 0.25) is 5.82 Å². The van der Waals surface area contributed by atoms with Crippen molar-refractivity contribution in [2.75, 3.05) is 60.4 Å². The second-order valence-electron chi connectivity index (χ2n) is 6.89. The molecule has 2 amide bonds. The number of pyridine rings is 1. The Hall–Kier alpha value is -2.45. The number of nitrogens with zero attached hydrogens (tertiary/aromatic N) is 5. The molecule has 0 unspecified atom stereocenters. The lowest BCUT2D eigenvalue weighted by atomic mass is 10.3. The van der Waals surface area contributed by atoms with Crippen molar-refractivity contribution < 1.29 is 9.59 Å². The second-order valence-corrected chi connectivity index (χ2v) is 6.89. The summed E-state index contributed by atoms with van der Waals surface area (Å²) in [4.78, 5) is 35.9. The molecule has 3 rings (SSSR count). The van der Waals surface area contributed by atoms with Gasteiger partial charge in [-0.1, -0.05) is 6.07 Å². The highest BCUT2D eigenvalue weighted by Crippen LogP contribution is 2.15. The van der Waals surface area contributed by atoms with Crippen molar-refractivity contribution in [3.05, 3.63) is 35.9 Å². The Morgan fingerprint density at radius 1 is 1.19 bits per heavy atom. The van der Waals surface area contributed by atoms with Crippen LogP contribution in [0.4, 0.5) is 0 Å². The van der Waals surface area contributed by atoms with Gasteiger partial charge in [-0.2, -0.15) is 0 Å². The molecule has 0 atom stereocenters. The normalized spacial score (nSPS) is 15.6. The van der Waals surface area contributed by atoms with Gasteiger partial charge in [0.1, 0.15) is 0 Å². The topological polar surface area (TPSA) is 73.2 Å². The van der Waals surface area contributed by atoms with Crippen molar-refractivity contribution in [3.63, 3.8) is 0 Å². The minimum absolute atomic E-state index is 0.133. The van der Waals surface area contributed by atoms with Crippen LogP contribution in [0.1, 0.15) is 21.1 Å². The van der Waals surface area contributed by atoms with Gasteiger partial charge in [-0.25, -0.2) is 4.98 Å². The van der Waals surface area contributed by atoms with Gasteiger partial charge in [-0.15, -0.1) is 0 Å². The number of carbonyl (C=O) groups excluding carboxylic acids is 2. The van der Waals surface area contributed by atoms with E-state index in [1.54, 1.807) is 15.5 Å². The van der Waals surface area contributed by atoms with E-state index in [-0.39, 0.29) is 11.8 Å². The Labute approximate surface area is 153 Å². The average molecular weight is 358 g/mol. The van der Waals surface area contributed by atoms with Gasteiger partial charge in [0.15, 0.2) is 5.69 Å². The van der Waals surface area contributed by atoms with Gasteiger partial charge in [0.25, 0.3) is 11.8 Å². The lowest BCUT2D eigenvalue weighted by Crippen LogP contribution is -2.47. The van der Waals surface area contributed by atoms with E-state index in [9.17, 15) is 9.59 Å². The van der Waals surface area contributed by atoms with Gasteiger partial charge in [-0.3, -0.25) is 14.0 Å². The largest absolute Gasteiger partial charge is 0.349 e. The highest BCUT2D eigenvalue weighted by atomic mass is 16.2. The summed E-state index contributed by atoms with van der Waals surface area (Å²) in [5.74, 6) is -0.0949. The molecule has 2 aromatic rings. The Balaban J connectivity index is 1.85. The number of rotatable bonds is 5. The van der Waals surface area contributed by atoms with Crippen LogP contribution in [-0.4, -0.2) is 96.3 Å². The molecule has 26 heavy (non-hydrogen) atoms. The number of hydrogen-bond donors (Lipinski definition) is 1. The summed E-state index contributed by atoms with van der Waals surface area (Å²) in [7, 11) is 5.94. The quantitative estimate of drug-likeness (QED) is 0.815. The Morgan fingerprint density at radius 2 is 1.92 bits per heavy atom. The molecular formula is C18H26N6O2. The van der Waals surface area contributed by atoms with Gasteiger partial charge in [0, 0.05) is 45.5 Å². The maximum Gasteiger partial charge on any atom is 0.290 e. The van der Waals surface area contributed by atoms with Crippen LogP contribution in [0.5, 0.6) is 0 Å². The first-order valence-electron chi connectivity index (χ1n) is 8.85. The molecule has 0 saturated carbocycles. The van der Waals surface area contributed by atoms with Crippen molar-refractivity contribution >= 4 is 17.3 Å². The van der Waals surface area contributed by atoms with Gasteiger partial charge >= 0.3 is 0 Å². The number of aromatic nitrogens is 2. The molecule has 0 spiro atoms. The Bertz CT molecular complexity index is 792. The molecule has 1 saturated heterocycles. The maximum atomic E-state index is 12.9. The first-order valence-corrected chi connectivity index (χ1v) is 8.85. The molecule has 0 aliphatic carbocycles. The summed E-state index contributed by atoms with van der Waals surface area (Å²) in [6.45, 7) is 4.28. The number of fused-ring (bicyclic) bond motifs is 1. The summed E-state index contributed by atoms with van der Waals surface area (Å²) >= 11 is 0. The molecule has 1 N–H and O–H groups in total. The number of piperazine rings is 1. The third kappa shape index (κ3) is 3.86. The van der Waals surface area contributed by atoms with Gasteiger partial charge < -0.3 is 20.0 Å². The van der Waals surface area contributed by atoms with Crippen LogP contribution in [0, 0.1) is 0 Å². The fourth-order valence-electron chi connectivity index (χ4n) is 2.98. The lowest BCUT2D eigenvalue weighted by Gasteiger charge is -2.31. The van der Waals surface area contributed by atoms with Crippen LogP contribution >= 0.6 is 0 Å². The van der Waals surface area contributed by atoms with Gasteiger partial charge in [0.05, 0.1) is 5.52 Å². The van der Waals surface area contributed by atoms with E-state index >= 15 is 0 Å². The zero-order valence-electron chi connectivity index (χ0n) is 15.6. The van der Waals surface area contributed by atoms with Crippen molar-refractivity contribution in [1.82, 2.24) is 29.4 Å². The monoisotopic (exact) mass is 358 g/mol. The molecule has 8 nitrogen and oxygen atoms in total. The molecule has 140 valence electrons. The zero-order valence-corrected chi connectivity index (χ0v) is 15.6. The summed E-state index contributed by atoms with van der Waals surface area (Å²) in [5, 5.41) is 2.87. The first-order chi connectivity index (χ1) is 12.5. The summed E-state index contributed by atoms with van der Waals surface area (Å²) in [5.41, 5.74) is 0.939. The van der Waals surface area contributed by atoms with E-state index in [1.165, 1.54) is 0 Å². The highest BCUT2D eigenvalue weighted by Gasteiger charge is 2.26. The van der Waals surface area contributed by atoms with Crippen molar-refractivity contribution in [1.29, 1.82) is 0 Å². The van der Waals surface area contributed by atoms with Crippen LogP contribution in [0.25, 0.3) is 5.52 Å². The fraction of sp³-hybridized carbons (Fsp3) is 0.500. The van der Waals surface area contributed by atoms with Crippen molar-refractivity contribution in [2.24, 2.45) is 0 Å². The predicted molar refractivity (Wildman–Crippen MR) is 99.5 cm³/mol.